The van der Waals surface area contributed by atoms with E-state index < -0.39 is 11.7 Å². The van der Waals surface area contributed by atoms with Crippen LogP contribution in [0, 0.1) is 5.82 Å². The van der Waals surface area contributed by atoms with Crippen molar-refractivity contribution in [2.75, 3.05) is 5.32 Å². The number of nitrogens with one attached hydrogen (secondary N) is 1. The maximum atomic E-state index is 13.1. The summed E-state index contributed by atoms with van der Waals surface area (Å²) in [5.41, 5.74) is 0.690. The summed E-state index contributed by atoms with van der Waals surface area (Å²) in [4.78, 5) is 16.5. The summed E-state index contributed by atoms with van der Waals surface area (Å²) in [5, 5.41) is 7.89. The quantitative estimate of drug-likeness (QED) is 0.348. The second-order valence-corrected chi connectivity index (χ2v) is 7.77. The Hall–Kier alpha value is -3.07. The number of hydrogen-bond acceptors (Lipinski definition) is 5. The number of hydrogen-bond donors (Lipinski definition) is 1. The lowest BCUT2D eigenvalue weighted by Crippen LogP contribution is -2.12. The minimum atomic E-state index is -0.537. The molecule has 2 aromatic heterocycles. The van der Waals surface area contributed by atoms with Crippen LogP contribution in [-0.2, 0) is 13.2 Å². The van der Waals surface area contributed by atoms with E-state index in [0.29, 0.717) is 27.1 Å². The first-order chi connectivity index (χ1) is 15.4. The lowest BCUT2D eigenvalue weighted by molar-refractivity contribution is 0.0991. The zero-order chi connectivity index (χ0) is 22.7. The van der Waals surface area contributed by atoms with Crippen LogP contribution in [-0.4, -0.2) is 20.7 Å². The van der Waals surface area contributed by atoms with Crippen molar-refractivity contribution in [1.29, 1.82) is 0 Å². The van der Waals surface area contributed by atoms with Crippen LogP contribution < -0.4 is 10.1 Å². The number of benzene rings is 2. The fraction of sp³-hybridized carbons (Fsp3) is 0.0952. The smallest absolute Gasteiger partial charge is 0.293 e. The molecule has 1 N–H and O–H groups in total. The molecule has 2 heterocycles. The minimum Gasteiger partial charge on any atom is -0.484 e. The maximum Gasteiger partial charge on any atom is 0.293 e. The van der Waals surface area contributed by atoms with Gasteiger partial charge in [-0.2, -0.15) is 0 Å². The van der Waals surface area contributed by atoms with Gasteiger partial charge in [-0.15, -0.1) is 5.10 Å². The van der Waals surface area contributed by atoms with Crippen molar-refractivity contribution in [3.05, 3.63) is 92.8 Å². The van der Waals surface area contributed by atoms with E-state index in [1.54, 1.807) is 24.3 Å². The van der Waals surface area contributed by atoms with Gasteiger partial charge in [0.2, 0.25) is 5.95 Å². The maximum absolute atomic E-state index is 13.1. The predicted octanol–water partition coefficient (Wildman–Crippen LogP) is 5.85. The Bertz CT molecular complexity index is 1250. The predicted molar refractivity (Wildman–Crippen MR) is 118 cm³/mol. The zero-order valence-corrected chi connectivity index (χ0v) is 18.5. The number of furan rings is 1. The highest BCUT2D eigenvalue weighted by atomic mass is 35.5. The van der Waals surface area contributed by atoms with Crippen molar-refractivity contribution >= 4 is 46.7 Å². The summed E-state index contributed by atoms with van der Waals surface area (Å²) < 4.78 is 25.6. The number of rotatable bonds is 7. The standard InChI is InChI=1S/C21H14Cl3FN4O3/c22-15-2-1-3-16(23)14(15)9-29-11-26-21(28-29)27-20(30)19-7-5-13(32-19)10-31-18-6-4-12(25)8-17(18)24/h1-8,11H,9-10H2,(H,27,28,30). The van der Waals surface area contributed by atoms with E-state index in [0.717, 1.165) is 6.07 Å². The van der Waals surface area contributed by atoms with Gasteiger partial charge in [-0.3, -0.25) is 10.1 Å². The first-order valence-corrected chi connectivity index (χ1v) is 10.3. The number of nitrogens with zero attached hydrogens (tertiary/aromatic N) is 3. The van der Waals surface area contributed by atoms with Crippen molar-refractivity contribution < 1.29 is 18.3 Å². The van der Waals surface area contributed by atoms with Crippen LogP contribution in [0.15, 0.2) is 59.3 Å². The Labute approximate surface area is 196 Å². The first-order valence-electron chi connectivity index (χ1n) is 9.19. The highest BCUT2D eigenvalue weighted by Gasteiger charge is 2.15. The van der Waals surface area contributed by atoms with Gasteiger partial charge in [0, 0.05) is 15.6 Å². The molecule has 11 heteroatoms. The topological polar surface area (TPSA) is 82.2 Å². The molecule has 0 aliphatic heterocycles. The molecule has 0 saturated carbocycles. The number of anilines is 1. The molecule has 0 aliphatic carbocycles. The molecule has 32 heavy (non-hydrogen) atoms. The van der Waals surface area contributed by atoms with Crippen LogP contribution >= 0.6 is 34.8 Å². The van der Waals surface area contributed by atoms with E-state index in [1.807, 2.05) is 0 Å². The van der Waals surface area contributed by atoms with Gasteiger partial charge >= 0.3 is 0 Å². The molecule has 0 unspecified atom stereocenters. The van der Waals surface area contributed by atoms with Gasteiger partial charge in [-0.05, 0) is 42.5 Å². The number of amides is 1. The molecule has 4 aromatic rings. The van der Waals surface area contributed by atoms with Crippen LogP contribution in [0.5, 0.6) is 5.75 Å². The van der Waals surface area contributed by atoms with E-state index in [9.17, 15) is 9.18 Å². The van der Waals surface area contributed by atoms with Crippen molar-refractivity contribution in [3.63, 3.8) is 0 Å². The molecule has 0 atom stereocenters. The fourth-order valence-corrected chi connectivity index (χ4v) is 3.49. The van der Waals surface area contributed by atoms with Gasteiger partial charge in [0.05, 0.1) is 11.6 Å². The molecule has 164 valence electrons. The third-order valence-electron chi connectivity index (χ3n) is 4.29. The Morgan fingerprint density at radius 3 is 2.62 bits per heavy atom. The number of carbonyl (C=O) groups is 1. The average molecular weight is 496 g/mol. The van der Waals surface area contributed by atoms with E-state index in [-0.39, 0.29) is 29.9 Å². The van der Waals surface area contributed by atoms with Crippen molar-refractivity contribution in [2.45, 2.75) is 13.2 Å². The zero-order valence-electron chi connectivity index (χ0n) is 16.2. The van der Waals surface area contributed by atoms with Gasteiger partial charge in [-0.25, -0.2) is 14.1 Å². The van der Waals surface area contributed by atoms with Crippen LogP contribution in [0.2, 0.25) is 15.1 Å². The molecule has 0 spiro atoms. The lowest BCUT2D eigenvalue weighted by atomic mass is 10.2. The lowest BCUT2D eigenvalue weighted by Gasteiger charge is -2.06. The summed E-state index contributed by atoms with van der Waals surface area (Å²) >= 11 is 18.3. The van der Waals surface area contributed by atoms with Crippen LogP contribution in [0.3, 0.4) is 0 Å². The number of aromatic nitrogens is 3. The summed E-state index contributed by atoms with van der Waals surface area (Å²) in [6.07, 6.45) is 1.45. The Kier molecular flexibility index (Phi) is 6.64. The van der Waals surface area contributed by atoms with E-state index >= 15 is 0 Å². The van der Waals surface area contributed by atoms with Gasteiger partial charge in [0.25, 0.3) is 5.91 Å². The van der Waals surface area contributed by atoms with E-state index in [4.69, 9.17) is 44.0 Å². The SMILES string of the molecule is O=C(Nc1ncn(Cc2c(Cl)cccc2Cl)n1)c1ccc(COc2ccc(F)cc2Cl)o1. The third kappa shape index (κ3) is 5.21. The Morgan fingerprint density at radius 2 is 1.88 bits per heavy atom. The molecule has 4 rings (SSSR count). The second-order valence-electron chi connectivity index (χ2n) is 6.55. The summed E-state index contributed by atoms with van der Waals surface area (Å²) in [5.74, 6) is -0.203. The molecule has 7 nitrogen and oxygen atoms in total. The number of carbonyl (C=O) groups excluding carboxylic acids is 1. The van der Waals surface area contributed by atoms with Crippen LogP contribution in [0.1, 0.15) is 21.9 Å². The normalized spacial score (nSPS) is 10.9. The number of ether oxygens (including phenoxy) is 1. The molecule has 2 aromatic carbocycles. The molecular formula is C21H14Cl3FN4O3. The molecular weight excluding hydrogens is 482 g/mol. The molecule has 0 fully saturated rings. The Morgan fingerprint density at radius 1 is 1.09 bits per heavy atom. The van der Waals surface area contributed by atoms with Gasteiger partial charge < -0.3 is 9.15 Å². The molecule has 0 bridgehead atoms. The van der Waals surface area contributed by atoms with Crippen LogP contribution in [0.4, 0.5) is 10.3 Å². The molecule has 0 aliphatic rings. The third-order valence-corrected chi connectivity index (χ3v) is 5.30. The summed E-state index contributed by atoms with van der Waals surface area (Å²) in [7, 11) is 0. The average Bonchev–Trinajstić information content (AvgIpc) is 3.40. The monoisotopic (exact) mass is 494 g/mol. The van der Waals surface area contributed by atoms with Gasteiger partial charge in [0.15, 0.2) is 5.76 Å². The van der Waals surface area contributed by atoms with E-state index in [1.165, 1.54) is 29.2 Å². The summed E-state index contributed by atoms with van der Waals surface area (Å²) in [6.45, 7) is 0.291. The Balaban J connectivity index is 1.36. The van der Waals surface area contributed by atoms with Crippen molar-refractivity contribution in [1.82, 2.24) is 14.8 Å². The highest BCUT2D eigenvalue weighted by Crippen LogP contribution is 2.26. The van der Waals surface area contributed by atoms with Gasteiger partial charge in [0.1, 0.15) is 30.3 Å². The molecule has 0 saturated heterocycles. The van der Waals surface area contributed by atoms with Crippen molar-refractivity contribution in [2.24, 2.45) is 0 Å². The molecule has 0 radical (unpaired) electrons. The van der Waals surface area contributed by atoms with Crippen molar-refractivity contribution in [3.8, 4) is 5.75 Å². The largest absolute Gasteiger partial charge is 0.484 e. The van der Waals surface area contributed by atoms with Crippen LogP contribution in [0.25, 0.3) is 0 Å². The fourth-order valence-electron chi connectivity index (χ4n) is 2.76. The highest BCUT2D eigenvalue weighted by molar-refractivity contribution is 6.36. The minimum absolute atomic E-state index is 0.00407. The van der Waals surface area contributed by atoms with Gasteiger partial charge in [-0.1, -0.05) is 40.9 Å². The first kappa shape index (κ1) is 22.1. The molecule has 1 amide bonds. The summed E-state index contributed by atoms with van der Waals surface area (Å²) in [6, 6.07) is 12.1. The van der Waals surface area contributed by atoms with E-state index in [2.05, 4.69) is 15.4 Å². The second kappa shape index (κ2) is 9.60. The number of halogens is 4.